The van der Waals surface area contributed by atoms with Crippen LogP contribution in [-0.4, -0.2) is 106 Å². The van der Waals surface area contributed by atoms with Gasteiger partial charge < -0.3 is 20.4 Å². The van der Waals surface area contributed by atoms with Crippen molar-refractivity contribution in [1.82, 2.24) is 9.78 Å². The number of carboxylic acid groups (broad SMARTS) is 1. The fourth-order valence-corrected chi connectivity index (χ4v) is 8.78. The lowest BCUT2D eigenvalue weighted by molar-refractivity contribution is -0.385. The summed E-state index contributed by atoms with van der Waals surface area (Å²) in [7, 11) is -26.6. The third-order valence-corrected chi connectivity index (χ3v) is 13.0. The summed E-state index contributed by atoms with van der Waals surface area (Å²) in [6.45, 7) is 0. The maximum Gasteiger partial charge on any atom is 0.358 e. The molecule has 0 saturated heterocycles. The molecule has 0 unspecified atom stereocenters. The number of carboxylic acids is 1. The molecule has 0 radical (unpaired) electrons. The number of benzene rings is 5. The zero-order chi connectivity index (χ0) is 50.6. The summed E-state index contributed by atoms with van der Waals surface area (Å²) in [6, 6.07) is 8.17. The number of phenolic OH excluding ortho intramolecular Hbond substituents is 2. The first kappa shape index (κ1) is 49.6. The molecule has 31 nitrogen and oxygen atoms in total. The van der Waals surface area contributed by atoms with Crippen molar-refractivity contribution in [2.45, 2.75) is 24.5 Å². The minimum absolute atomic E-state index is 0.155. The van der Waals surface area contributed by atoms with Crippen LogP contribution in [0.15, 0.2) is 128 Å². The van der Waals surface area contributed by atoms with Gasteiger partial charge in [0.1, 0.15) is 42.3 Å². The summed E-state index contributed by atoms with van der Waals surface area (Å²) in [5, 5.41) is 76.9. The molecule has 0 aliphatic carbocycles. The van der Waals surface area contributed by atoms with Gasteiger partial charge in [0.15, 0.2) is 17.2 Å². The first-order valence-corrected chi connectivity index (χ1v) is 24.3. The molecule has 6 aromatic rings. The summed E-state index contributed by atoms with van der Waals surface area (Å²) in [4.78, 5) is 16.1. The SMILES string of the molecule is O=C(O)c1nn(-c2ccc(S(=O)(=O)O)cc2)c(O)c1/N=N/c1ccc(/N=N/c2c(S(=O)(=O)O)cc3cc(S(=O)(=O)O)c(/N=N/c4ccc([N+](=O)[O-])cc4S(=O)(=O)O)c(O)c3c2O)c(S(=O)(=O)O)c1. The summed E-state index contributed by atoms with van der Waals surface area (Å²) < 4.78 is 171. The monoisotopic (exact) mass is 1040 g/mol. The van der Waals surface area contributed by atoms with Crippen molar-refractivity contribution in [1.29, 1.82) is 0 Å². The van der Waals surface area contributed by atoms with Gasteiger partial charge >= 0.3 is 5.97 Å². The zero-order valence-electron chi connectivity index (χ0n) is 32.3. The van der Waals surface area contributed by atoms with Gasteiger partial charge in [-0.2, -0.15) is 57.0 Å². The van der Waals surface area contributed by atoms with E-state index < -0.39 is 160 Å². The molecular weight excluding hydrogens is 1020 g/mol. The molecule has 0 fully saturated rings. The number of azo groups is 3. The summed E-state index contributed by atoms with van der Waals surface area (Å²) in [6.07, 6.45) is 0. The largest absolute Gasteiger partial charge is 0.505 e. The Morgan fingerprint density at radius 2 is 1.01 bits per heavy atom. The highest BCUT2D eigenvalue weighted by Crippen LogP contribution is 2.50. The number of aromatic carboxylic acids is 1. The van der Waals surface area contributed by atoms with Crippen molar-refractivity contribution in [2.75, 3.05) is 0 Å². The molecule has 356 valence electrons. The van der Waals surface area contributed by atoms with Gasteiger partial charge in [-0.05, 0) is 66.0 Å². The number of non-ortho nitro benzene ring substituents is 1. The van der Waals surface area contributed by atoms with Crippen LogP contribution in [0, 0.1) is 10.1 Å². The molecule has 0 amide bonds. The van der Waals surface area contributed by atoms with E-state index in [1.807, 2.05) is 0 Å². The van der Waals surface area contributed by atoms with Crippen LogP contribution in [0.4, 0.5) is 39.8 Å². The van der Waals surface area contributed by atoms with Crippen molar-refractivity contribution in [2.24, 2.45) is 30.7 Å². The standard InChI is InChI=1S/C32H21N9O22S5/c42-29-24-13(10-23(68(61,62)63)26(30(24)43)37-35-19-8-4-16(41(47)48)12-21(19)66(55,56)57)9-22(67(58,59)60)25(29)36-34-18-7-1-14(11-20(18)65(52,53)54)33-38-27-28(32(45)46)39-40(31(27)44)15-2-5-17(6-3-15)64(49,50)51/h1-12,42-44H,(H,45,46)(H,49,50,51)(H,52,53,54)(H,55,56,57)(H,58,59,60)(H,61,62,63)/b36-34+,37-35+,38-33+. The van der Waals surface area contributed by atoms with Crippen LogP contribution in [0.2, 0.25) is 0 Å². The average Bonchev–Trinajstić information content (AvgIpc) is 3.56. The normalized spacial score (nSPS) is 13.0. The Bertz CT molecular complexity index is 3860. The lowest BCUT2D eigenvalue weighted by Gasteiger charge is -2.13. The summed E-state index contributed by atoms with van der Waals surface area (Å²) in [5.41, 5.74) is -7.95. The topological polar surface area (TPSA) is 505 Å². The molecule has 0 spiro atoms. The number of aromatic hydroxyl groups is 3. The molecule has 1 heterocycles. The number of nitro groups is 1. The number of aromatic nitrogens is 2. The van der Waals surface area contributed by atoms with Crippen LogP contribution in [0.3, 0.4) is 0 Å². The number of phenols is 2. The van der Waals surface area contributed by atoms with E-state index in [0.717, 1.165) is 30.3 Å². The molecule has 68 heavy (non-hydrogen) atoms. The van der Waals surface area contributed by atoms with Gasteiger partial charge in [0.05, 0.1) is 26.6 Å². The number of nitrogens with zero attached hydrogens (tertiary/aromatic N) is 9. The Labute approximate surface area is 377 Å². The Morgan fingerprint density at radius 1 is 0.559 bits per heavy atom. The minimum atomic E-state index is -5.59. The quantitative estimate of drug-likeness (QED) is 0.0292. The van der Waals surface area contributed by atoms with E-state index in [1.165, 1.54) is 0 Å². The average molecular weight is 1040 g/mol. The lowest BCUT2D eigenvalue weighted by atomic mass is 10.1. The van der Waals surface area contributed by atoms with Gasteiger partial charge in [0.25, 0.3) is 56.3 Å². The highest BCUT2D eigenvalue weighted by molar-refractivity contribution is 7.87. The van der Waals surface area contributed by atoms with Gasteiger partial charge in [-0.3, -0.25) is 32.9 Å². The van der Waals surface area contributed by atoms with E-state index >= 15 is 0 Å². The number of carbonyl (C=O) groups is 1. The van der Waals surface area contributed by atoms with Gasteiger partial charge in [0.2, 0.25) is 11.6 Å². The Balaban J connectivity index is 1.47. The van der Waals surface area contributed by atoms with E-state index in [2.05, 4.69) is 35.8 Å². The van der Waals surface area contributed by atoms with Crippen LogP contribution in [0.1, 0.15) is 10.5 Å². The van der Waals surface area contributed by atoms with Gasteiger partial charge in [-0.15, -0.1) is 25.6 Å². The third-order valence-electron chi connectivity index (χ3n) is 8.66. The molecule has 0 bridgehead atoms. The zero-order valence-corrected chi connectivity index (χ0v) is 36.4. The molecule has 0 aliphatic rings. The maximum atomic E-state index is 12.5. The predicted octanol–water partition coefficient (Wildman–Crippen LogP) is 5.23. The first-order valence-electron chi connectivity index (χ1n) is 17.1. The molecule has 6 rings (SSSR count). The number of nitro benzene ring substituents is 1. The van der Waals surface area contributed by atoms with E-state index in [9.17, 15) is 100 Å². The third kappa shape index (κ3) is 10.1. The minimum Gasteiger partial charge on any atom is -0.505 e. The summed E-state index contributed by atoms with van der Waals surface area (Å²) >= 11 is 0. The highest BCUT2D eigenvalue weighted by atomic mass is 32.2. The van der Waals surface area contributed by atoms with Crippen molar-refractivity contribution in [3.63, 3.8) is 0 Å². The number of hydrogen-bond acceptors (Lipinski definition) is 23. The van der Waals surface area contributed by atoms with Crippen LogP contribution in [0.25, 0.3) is 16.5 Å². The molecule has 36 heteroatoms. The van der Waals surface area contributed by atoms with E-state index in [1.54, 1.807) is 0 Å². The van der Waals surface area contributed by atoms with Crippen molar-refractivity contribution in [3.05, 3.63) is 88.6 Å². The molecular formula is C32H21N9O22S5. The second-order valence-electron chi connectivity index (χ2n) is 13.0. The molecule has 9 N–H and O–H groups in total. The molecule has 0 saturated carbocycles. The van der Waals surface area contributed by atoms with E-state index in [-0.39, 0.29) is 5.69 Å². The first-order chi connectivity index (χ1) is 31.3. The van der Waals surface area contributed by atoms with Gasteiger partial charge in [0, 0.05) is 12.1 Å². The van der Waals surface area contributed by atoms with Crippen molar-refractivity contribution < 1.29 is 95.0 Å². The maximum absolute atomic E-state index is 12.5. The summed E-state index contributed by atoms with van der Waals surface area (Å²) in [5.74, 6) is -5.84. The number of rotatable bonds is 14. The number of fused-ring (bicyclic) bond motifs is 1. The van der Waals surface area contributed by atoms with Gasteiger partial charge in [-0.1, -0.05) is 0 Å². The fraction of sp³-hybridized carbons (Fsp3) is 0. The van der Waals surface area contributed by atoms with Crippen LogP contribution >= 0.6 is 0 Å². The molecule has 5 aromatic carbocycles. The Morgan fingerprint density at radius 3 is 1.46 bits per heavy atom. The van der Waals surface area contributed by atoms with E-state index in [0.29, 0.717) is 47.1 Å². The van der Waals surface area contributed by atoms with Crippen molar-refractivity contribution in [3.8, 4) is 23.1 Å². The van der Waals surface area contributed by atoms with Crippen LogP contribution in [0.5, 0.6) is 17.4 Å². The Kier molecular flexibility index (Phi) is 12.7. The fourth-order valence-electron chi connectivity index (χ4n) is 5.70. The van der Waals surface area contributed by atoms with Crippen LogP contribution < -0.4 is 0 Å². The van der Waals surface area contributed by atoms with E-state index in [4.69, 9.17) is 0 Å². The van der Waals surface area contributed by atoms with Crippen LogP contribution in [-0.2, 0) is 50.6 Å². The van der Waals surface area contributed by atoms with Crippen molar-refractivity contribution >= 4 is 107 Å². The lowest BCUT2D eigenvalue weighted by Crippen LogP contribution is -2.02. The number of hydrogen-bond donors (Lipinski definition) is 9. The second-order valence-corrected chi connectivity index (χ2v) is 20.0. The molecule has 1 aromatic heterocycles. The highest BCUT2D eigenvalue weighted by Gasteiger charge is 2.30. The Hall–Kier alpha value is -7.81. The second kappa shape index (κ2) is 17.4. The smallest absolute Gasteiger partial charge is 0.358 e. The molecule has 0 atom stereocenters. The molecule has 0 aliphatic heterocycles. The van der Waals surface area contributed by atoms with Gasteiger partial charge in [-0.25, -0.2) is 4.79 Å². The predicted molar refractivity (Wildman–Crippen MR) is 221 cm³/mol.